The quantitative estimate of drug-likeness (QED) is 0.344. The van der Waals surface area contributed by atoms with Crippen molar-refractivity contribution in [3.8, 4) is 11.4 Å². The molecule has 0 saturated carbocycles. The standard InChI is InChI=1S/C27H29N7O2.ClH/c1-3-28-17(2)26(35)29-23-15-14-18-8-4-5-13-24(18)34(27(23)36)16-19-9-6-11-21-20(19)10-7-12-22(21)25-30-32-33-31-25;/h4-13,17,23,28H,3,14-16H2,1-2H3,(H,29,35)(H,30,31,32,33);1H/t17-,23-;/m0./s1. The van der Waals surface area contributed by atoms with Crippen LogP contribution in [0.15, 0.2) is 60.7 Å². The van der Waals surface area contributed by atoms with Gasteiger partial charge in [0, 0.05) is 11.3 Å². The summed E-state index contributed by atoms with van der Waals surface area (Å²) in [6.45, 7) is 4.81. The summed E-state index contributed by atoms with van der Waals surface area (Å²) >= 11 is 0. The molecule has 9 nitrogen and oxygen atoms in total. The molecule has 10 heteroatoms. The van der Waals surface area contributed by atoms with Crippen LogP contribution in [0, 0.1) is 0 Å². The Bertz CT molecular complexity index is 1390. The molecular weight excluding hydrogens is 490 g/mol. The summed E-state index contributed by atoms with van der Waals surface area (Å²) in [4.78, 5) is 28.4. The van der Waals surface area contributed by atoms with Gasteiger partial charge in [0.2, 0.25) is 17.6 Å². The number of H-pyrrole nitrogens is 1. The molecule has 1 aliphatic rings. The molecule has 2 amide bonds. The van der Waals surface area contributed by atoms with Gasteiger partial charge >= 0.3 is 0 Å². The van der Waals surface area contributed by atoms with Crippen LogP contribution in [0.5, 0.6) is 0 Å². The molecule has 5 rings (SSSR count). The van der Waals surface area contributed by atoms with Crippen LogP contribution in [0.2, 0.25) is 0 Å². The van der Waals surface area contributed by atoms with E-state index in [-0.39, 0.29) is 30.3 Å². The van der Waals surface area contributed by atoms with Gasteiger partial charge in [-0.05, 0) is 59.5 Å². The lowest BCUT2D eigenvalue weighted by Crippen LogP contribution is -2.52. The zero-order valence-corrected chi connectivity index (χ0v) is 21.6. The predicted octanol–water partition coefficient (Wildman–Crippen LogP) is 3.40. The number of hydrogen-bond acceptors (Lipinski definition) is 6. The van der Waals surface area contributed by atoms with Gasteiger partial charge in [-0.2, -0.15) is 5.21 Å². The van der Waals surface area contributed by atoms with E-state index in [0.717, 1.165) is 33.2 Å². The molecule has 0 saturated heterocycles. The van der Waals surface area contributed by atoms with Crippen LogP contribution in [-0.2, 0) is 22.6 Å². The number of carbonyl (C=O) groups excluding carboxylic acids is 2. The first-order valence-corrected chi connectivity index (χ1v) is 12.2. The number of amides is 2. The highest BCUT2D eigenvalue weighted by Gasteiger charge is 2.32. The van der Waals surface area contributed by atoms with Crippen molar-refractivity contribution < 1.29 is 9.59 Å². The fourth-order valence-electron chi connectivity index (χ4n) is 4.86. The predicted molar refractivity (Wildman–Crippen MR) is 145 cm³/mol. The summed E-state index contributed by atoms with van der Waals surface area (Å²) in [5, 5.41) is 22.6. The molecule has 0 spiro atoms. The molecule has 0 aliphatic carbocycles. The van der Waals surface area contributed by atoms with E-state index < -0.39 is 6.04 Å². The number of anilines is 1. The van der Waals surface area contributed by atoms with Gasteiger partial charge in [-0.3, -0.25) is 9.59 Å². The van der Waals surface area contributed by atoms with Gasteiger partial charge in [0.05, 0.1) is 12.6 Å². The number of hydrogen-bond donors (Lipinski definition) is 3. The summed E-state index contributed by atoms with van der Waals surface area (Å²) in [6, 6.07) is 19.0. The molecule has 4 aromatic rings. The molecular formula is C27H30ClN7O2. The molecule has 0 radical (unpaired) electrons. The Labute approximate surface area is 221 Å². The first-order valence-electron chi connectivity index (χ1n) is 12.2. The smallest absolute Gasteiger partial charge is 0.249 e. The third-order valence-electron chi connectivity index (χ3n) is 6.70. The molecule has 0 unspecified atom stereocenters. The van der Waals surface area contributed by atoms with Crippen molar-refractivity contribution in [2.45, 2.75) is 45.3 Å². The number of aromatic nitrogens is 4. The number of nitrogens with zero attached hydrogens (tertiary/aromatic N) is 4. The zero-order chi connectivity index (χ0) is 25.1. The van der Waals surface area contributed by atoms with Crippen LogP contribution in [0.4, 0.5) is 5.69 Å². The van der Waals surface area contributed by atoms with Gasteiger partial charge in [-0.25, -0.2) is 0 Å². The summed E-state index contributed by atoms with van der Waals surface area (Å²) in [5.41, 5.74) is 3.84. The second-order valence-corrected chi connectivity index (χ2v) is 8.99. The summed E-state index contributed by atoms with van der Waals surface area (Å²) in [6.07, 6.45) is 1.25. The maximum atomic E-state index is 13.9. The second-order valence-electron chi connectivity index (χ2n) is 8.99. The van der Waals surface area contributed by atoms with Gasteiger partial charge in [0.15, 0.2) is 0 Å². The lowest BCUT2D eigenvalue weighted by molar-refractivity contribution is -0.128. The Morgan fingerprint density at radius 1 is 1.11 bits per heavy atom. The van der Waals surface area contributed by atoms with Crippen LogP contribution < -0.4 is 15.5 Å². The molecule has 192 valence electrons. The summed E-state index contributed by atoms with van der Waals surface area (Å²) in [5.74, 6) is 0.242. The average molecular weight is 520 g/mol. The molecule has 2 heterocycles. The summed E-state index contributed by atoms with van der Waals surface area (Å²) < 4.78 is 0. The van der Waals surface area contributed by atoms with Crippen molar-refractivity contribution in [3.05, 3.63) is 71.8 Å². The van der Waals surface area contributed by atoms with E-state index in [1.165, 1.54) is 0 Å². The number of para-hydroxylation sites is 1. The first kappa shape index (κ1) is 26.2. The molecule has 1 aliphatic heterocycles. The fraction of sp³-hybridized carbons (Fsp3) is 0.296. The number of carbonyl (C=O) groups is 2. The minimum absolute atomic E-state index is 0. The molecule has 37 heavy (non-hydrogen) atoms. The molecule has 1 aromatic heterocycles. The van der Waals surface area contributed by atoms with Gasteiger partial charge in [0.25, 0.3) is 0 Å². The van der Waals surface area contributed by atoms with Crippen LogP contribution in [-0.4, -0.2) is 51.1 Å². The number of likely N-dealkylation sites (N-methyl/N-ethyl adjacent to an activating group) is 1. The van der Waals surface area contributed by atoms with E-state index in [9.17, 15) is 9.59 Å². The zero-order valence-electron chi connectivity index (χ0n) is 20.8. The molecule has 2 atom stereocenters. The van der Waals surface area contributed by atoms with Crippen molar-refractivity contribution in [3.63, 3.8) is 0 Å². The third kappa shape index (κ3) is 5.33. The van der Waals surface area contributed by atoms with E-state index >= 15 is 0 Å². The van der Waals surface area contributed by atoms with Crippen molar-refractivity contribution in [2.24, 2.45) is 0 Å². The SMILES string of the molecule is CCN[C@@H](C)C(=O)N[C@H]1CCc2ccccc2N(Cc2cccc3c(-c4nn[nH]n4)cccc23)C1=O.Cl. The van der Waals surface area contributed by atoms with Crippen LogP contribution in [0.3, 0.4) is 0 Å². The first-order chi connectivity index (χ1) is 17.6. The number of benzene rings is 3. The van der Waals surface area contributed by atoms with Gasteiger partial charge in [-0.1, -0.05) is 61.5 Å². The highest BCUT2D eigenvalue weighted by molar-refractivity contribution is 6.02. The maximum Gasteiger partial charge on any atom is 0.249 e. The van der Waals surface area contributed by atoms with Crippen LogP contribution >= 0.6 is 12.4 Å². The lowest BCUT2D eigenvalue weighted by atomic mass is 9.99. The van der Waals surface area contributed by atoms with Crippen molar-refractivity contribution in [1.29, 1.82) is 0 Å². The fourth-order valence-corrected chi connectivity index (χ4v) is 4.86. The lowest BCUT2D eigenvalue weighted by Gasteiger charge is -2.27. The number of halogens is 1. The number of aryl methyl sites for hydroxylation is 1. The highest BCUT2D eigenvalue weighted by Crippen LogP contribution is 2.32. The van der Waals surface area contributed by atoms with E-state index in [1.807, 2.05) is 68.4 Å². The van der Waals surface area contributed by atoms with Gasteiger partial charge in [-0.15, -0.1) is 22.6 Å². The Morgan fingerprint density at radius 2 is 1.89 bits per heavy atom. The van der Waals surface area contributed by atoms with E-state index in [2.05, 4.69) is 37.3 Å². The Hall–Kier alpha value is -3.82. The van der Waals surface area contributed by atoms with E-state index in [4.69, 9.17) is 0 Å². The van der Waals surface area contributed by atoms with Gasteiger partial charge < -0.3 is 15.5 Å². The van der Waals surface area contributed by atoms with Crippen molar-refractivity contribution in [2.75, 3.05) is 11.4 Å². The largest absolute Gasteiger partial charge is 0.343 e. The Morgan fingerprint density at radius 3 is 2.68 bits per heavy atom. The Kier molecular flexibility index (Phi) is 8.15. The van der Waals surface area contributed by atoms with Crippen LogP contribution in [0.1, 0.15) is 31.4 Å². The molecule has 0 bridgehead atoms. The van der Waals surface area contributed by atoms with Gasteiger partial charge in [0.1, 0.15) is 6.04 Å². The third-order valence-corrected chi connectivity index (χ3v) is 6.70. The topological polar surface area (TPSA) is 116 Å². The number of tetrazole rings is 1. The van der Waals surface area contributed by atoms with Crippen molar-refractivity contribution >= 4 is 40.7 Å². The molecule has 3 N–H and O–H groups in total. The van der Waals surface area contributed by atoms with Crippen molar-refractivity contribution in [1.82, 2.24) is 31.3 Å². The maximum absolute atomic E-state index is 13.9. The molecule has 0 fully saturated rings. The number of nitrogens with one attached hydrogen (secondary N) is 3. The molecule has 3 aromatic carbocycles. The summed E-state index contributed by atoms with van der Waals surface area (Å²) in [7, 11) is 0. The monoisotopic (exact) mass is 519 g/mol. The minimum Gasteiger partial charge on any atom is -0.343 e. The minimum atomic E-state index is -0.601. The average Bonchev–Trinajstić information content (AvgIpc) is 3.40. The highest BCUT2D eigenvalue weighted by atomic mass is 35.5. The Balaban J connectivity index is 0.00000320. The normalized spacial score (nSPS) is 16.0. The van der Waals surface area contributed by atoms with Crippen LogP contribution in [0.25, 0.3) is 22.2 Å². The number of fused-ring (bicyclic) bond motifs is 2. The second kappa shape index (κ2) is 11.5. The number of aromatic amines is 1. The van der Waals surface area contributed by atoms with E-state index in [1.54, 1.807) is 4.90 Å². The van der Waals surface area contributed by atoms with E-state index in [0.29, 0.717) is 31.8 Å². The number of rotatable bonds is 7.